The fourth-order valence-electron chi connectivity index (χ4n) is 2.23. The third-order valence-electron chi connectivity index (χ3n) is 3.23. The molecule has 3 rings (SSSR count). The van der Waals surface area contributed by atoms with E-state index < -0.39 is 10.0 Å². The van der Waals surface area contributed by atoms with Crippen LogP contribution in [0.15, 0.2) is 33.8 Å². The van der Waals surface area contributed by atoms with E-state index in [1.807, 2.05) is 0 Å². The van der Waals surface area contributed by atoms with Crippen molar-refractivity contribution >= 4 is 27.3 Å². The quantitative estimate of drug-likeness (QED) is 0.645. The molecule has 0 aliphatic carbocycles. The number of aromatic nitrogens is 4. The number of anilines is 3. The molecule has 0 radical (unpaired) electrons. The molecule has 10 heteroatoms. The van der Waals surface area contributed by atoms with E-state index in [1.54, 1.807) is 39.0 Å². The minimum Gasteiger partial charge on any atom is -0.360 e. The maximum absolute atomic E-state index is 12.4. The fourth-order valence-corrected chi connectivity index (χ4v) is 3.64. The van der Waals surface area contributed by atoms with E-state index in [0.717, 1.165) is 0 Å². The highest BCUT2D eigenvalue weighted by Crippen LogP contribution is 2.21. The van der Waals surface area contributed by atoms with Crippen molar-refractivity contribution in [2.45, 2.75) is 25.7 Å². The largest absolute Gasteiger partial charge is 0.360 e. The average Bonchev–Trinajstić information content (AvgIpc) is 3.07. The van der Waals surface area contributed by atoms with Gasteiger partial charge < -0.3 is 9.84 Å². The molecule has 9 nitrogen and oxygen atoms in total. The van der Waals surface area contributed by atoms with Crippen LogP contribution in [0.1, 0.15) is 17.1 Å². The summed E-state index contributed by atoms with van der Waals surface area (Å²) in [5, 5.41) is 13.3. The first kappa shape index (κ1) is 16.0. The van der Waals surface area contributed by atoms with Crippen molar-refractivity contribution in [3.63, 3.8) is 0 Å². The molecule has 0 aliphatic heterocycles. The molecule has 0 saturated carbocycles. The summed E-state index contributed by atoms with van der Waals surface area (Å²) >= 11 is 0. The minimum atomic E-state index is -3.73. The molecule has 3 aromatic rings. The molecule has 3 heterocycles. The van der Waals surface area contributed by atoms with E-state index in [9.17, 15) is 8.42 Å². The standard InChI is InChI=1S/C14H16N6O3S/c1-8-6-13(19-23-8)16-12-5-4-11(7-15-12)20-24(21,22)14-9(2)17-18-10(14)3/h4-7,20H,1-3H3,(H,17,18)(H,15,16,19). The van der Waals surface area contributed by atoms with Crippen LogP contribution in [0, 0.1) is 20.8 Å². The van der Waals surface area contributed by atoms with E-state index in [4.69, 9.17) is 4.52 Å². The second-order valence-electron chi connectivity index (χ2n) is 5.25. The number of aryl methyl sites for hydroxylation is 3. The maximum Gasteiger partial charge on any atom is 0.265 e. The van der Waals surface area contributed by atoms with Gasteiger partial charge in [0.1, 0.15) is 16.5 Å². The number of aromatic amines is 1. The van der Waals surface area contributed by atoms with Gasteiger partial charge in [-0.25, -0.2) is 13.4 Å². The van der Waals surface area contributed by atoms with E-state index in [1.165, 1.54) is 6.20 Å². The van der Waals surface area contributed by atoms with Crippen molar-refractivity contribution < 1.29 is 12.9 Å². The summed E-state index contributed by atoms with van der Waals surface area (Å²) < 4.78 is 32.3. The monoisotopic (exact) mass is 348 g/mol. The molecule has 0 atom stereocenters. The van der Waals surface area contributed by atoms with Crippen molar-refractivity contribution in [2.75, 3.05) is 10.0 Å². The zero-order valence-corrected chi connectivity index (χ0v) is 14.1. The first-order valence-electron chi connectivity index (χ1n) is 7.06. The molecule has 3 N–H and O–H groups in total. The highest BCUT2D eigenvalue weighted by atomic mass is 32.2. The summed E-state index contributed by atoms with van der Waals surface area (Å²) in [4.78, 5) is 4.29. The van der Waals surface area contributed by atoms with Crippen LogP contribution in [0.2, 0.25) is 0 Å². The topological polar surface area (TPSA) is 126 Å². The van der Waals surface area contributed by atoms with Crippen LogP contribution >= 0.6 is 0 Å². The van der Waals surface area contributed by atoms with Crippen LogP contribution in [0.3, 0.4) is 0 Å². The number of hydrogen-bond donors (Lipinski definition) is 3. The van der Waals surface area contributed by atoms with Crippen LogP contribution in [-0.2, 0) is 10.0 Å². The van der Waals surface area contributed by atoms with E-state index in [2.05, 4.69) is 30.4 Å². The Hall–Kier alpha value is -2.88. The van der Waals surface area contributed by atoms with E-state index in [-0.39, 0.29) is 4.90 Å². The van der Waals surface area contributed by atoms with Gasteiger partial charge in [-0.3, -0.25) is 9.82 Å². The molecule has 0 aromatic carbocycles. The SMILES string of the molecule is Cc1cc(Nc2ccc(NS(=O)(=O)c3c(C)n[nH]c3C)cn2)no1. The lowest BCUT2D eigenvalue weighted by Gasteiger charge is -2.08. The predicted octanol–water partition coefficient (Wildman–Crippen LogP) is 2.26. The Morgan fingerprint density at radius 1 is 1.17 bits per heavy atom. The Morgan fingerprint density at radius 2 is 1.96 bits per heavy atom. The highest BCUT2D eigenvalue weighted by molar-refractivity contribution is 7.92. The summed E-state index contributed by atoms with van der Waals surface area (Å²) in [6.45, 7) is 5.06. The first-order chi connectivity index (χ1) is 11.3. The van der Waals surface area contributed by atoms with Gasteiger partial charge in [-0.1, -0.05) is 5.16 Å². The second kappa shape index (κ2) is 5.96. The normalized spacial score (nSPS) is 11.5. The van der Waals surface area contributed by atoms with Gasteiger partial charge in [-0.05, 0) is 32.9 Å². The van der Waals surface area contributed by atoms with Crippen molar-refractivity contribution in [3.8, 4) is 0 Å². The molecule has 0 fully saturated rings. The van der Waals surface area contributed by atoms with E-state index in [0.29, 0.717) is 34.5 Å². The predicted molar refractivity (Wildman–Crippen MR) is 87.6 cm³/mol. The smallest absolute Gasteiger partial charge is 0.265 e. The van der Waals surface area contributed by atoms with Crippen LogP contribution in [0.5, 0.6) is 0 Å². The molecule has 0 unspecified atom stereocenters. The summed E-state index contributed by atoms with van der Waals surface area (Å²) in [7, 11) is -3.73. The molecule has 0 bridgehead atoms. The summed E-state index contributed by atoms with van der Waals surface area (Å²) in [5.74, 6) is 1.72. The van der Waals surface area contributed by atoms with Crippen LogP contribution in [0.25, 0.3) is 0 Å². The molecule has 24 heavy (non-hydrogen) atoms. The van der Waals surface area contributed by atoms with Gasteiger partial charge in [-0.15, -0.1) is 0 Å². The number of sulfonamides is 1. The van der Waals surface area contributed by atoms with Crippen LogP contribution < -0.4 is 10.0 Å². The molecule has 0 saturated heterocycles. The lowest BCUT2D eigenvalue weighted by molar-refractivity contribution is 0.400. The molecule has 3 aromatic heterocycles. The number of hydrogen-bond acceptors (Lipinski definition) is 7. The third kappa shape index (κ3) is 3.23. The average molecular weight is 348 g/mol. The summed E-state index contributed by atoms with van der Waals surface area (Å²) in [5.41, 5.74) is 1.23. The van der Waals surface area contributed by atoms with Gasteiger partial charge in [0.25, 0.3) is 10.0 Å². The molecular weight excluding hydrogens is 332 g/mol. The van der Waals surface area contributed by atoms with Gasteiger partial charge in [0, 0.05) is 6.07 Å². The number of nitrogens with zero attached hydrogens (tertiary/aromatic N) is 3. The van der Waals surface area contributed by atoms with Crippen LogP contribution in [0.4, 0.5) is 17.3 Å². The number of pyridine rings is 1. The molecular formula is C14H16N6O3S. The first-order valence-corrected chi connectivity index (χ1v) is 8.54. The number of rotatable bonds is 5. The summed E-state index contributed by atoms with van der Waals surface area (Å²) in [6.07, 6.45) is 1.41. The Morgan fingerprint density at radius 3 is 2.50 bits per heavy atom. The molecule has 126 valence electrons. The molecule has 0 spiro atoms. The lowest BCUT2D eigenvalue weighted by atomic mass is 10.4. The Balaban J connectivity index is 1.76. The maximum atomic E-state index is 12.4. The minimum absolute atomic E-state index is 0.141. The van der Waals surface area contributed by atoms with Crippen LogP contribution in [-0.4, -0.2) is 28.8 Å². The van der Waals surface area contributed by atoms with Crippen molar-refractivity contribution in [2.24, 2.45) is 0 Å². The molecule has 0 amide bonds. The molecule has 0 aliphatic rings. The third-order valence-corrected chi connectivity index (χ3v) is 4.87. The van der Waals surface area contributed by atoms with Gasteiger partial charge in [0.15, 0.2) is 5.82 Å². The lowest BCUT2D eigenvalue weighted by Crippen LogP contribution is -2.14. The second-order valence-corrected chi connectivity index (χ2v) is 6.87. The number of H-pyrrole nitrogens is 1. The van der Waals surface area contributed by atoms with Gasteiger partial charge in [-0.2, -0.15) is 5.10 Å². The number of nitrogens with one attached hydrogen (secondary N) is 3. The van der Waals surface area contributed by atoms with Crippen molar-refractivity contribution in [3.05, 3.63) is 41.5 Å². The Labute approximate surface area is 138 Å². The van der Waals surface area contributed by atoms with Crippen molar-refractivity contribution in [1.82, 2.24) is 20.3 Å². The fraction of sp³-hybridized carbons (Fsp3) is 0.214. The Kier molecular flexibility index (Phi) is 3.97. The van der Waals surface area contributed by atoms with Gasteiger partial charge in [0.2, 0.25) is 0 Å². The Bertz CT molecular complexity index is 939. The van der Waals surface area contributed by atoms with Gasteiger partial charge >= 0.3 is 0 Å². The van der Waals surface area contributed by atoms with Gasteiger partial charge in [0.05, 0.1) is 23.3 Å². The highest BCUT2D eigenvalue weighted by Gasteiger charge is 2.22. The van der Waals surface area contributed by atoms with E-state index >= 15 is 0 Å². The van der Waals surface area contributed by atoms with Crippen molar-refractivity contribution in [1.29, 1.82) is 0 Å². The zero-order valence-electron chi connectivity index (χ0n) is 13.3. The summed E-state index contributed by atoms with van der Waals surface area (Å²) in [6, 6.07) is 4.96. The zero-order chi connectivity index (χ0) is 17.3.